The van der Waals surface area contributed by atoms with Gasteiger partial charge in [0.25, 0.3) is 0 Å². The summed E-state index contributed by atoms with van der Waals surface area (Å²) in [6, 6.07) is 6.88. The van der Waals surface area contributed by atoms with Gasteiger partial charge in [0.15, 0.2) is 0 Å². The van der Waals surface area contributed by atoms with Crippen LogP contribution in [0.1, 0.15) is 36.0 Å². The molecule has 0 amide bonds. The third kappa shape index (κ3) is 3.08. The zero-order chi connectivity index (χ0) is 11.4. The molecule has 1 aliphatic heterocycles. The molecule has 1 fully saturated rings. The highest BCUT2D eigenvalue weighted by molar-refractivity contribution is 5.30. The van der Waals surface area contributed by atoms with Crippen LogP contribution in [0.15, 0.2) is 18.2 Å². The van der Waals surface area contributed by atoms with E-state index < -0.39 is 0 Å². The number of piperidine rings is 1. The molecule has 1 heterocycles. The van der Waals surface area contributed by atoms with Crippen LogP contribution in [0.3, 0.4) is 0 Å². The van der Waals surface area contributed by atoms with Crippen LogP contribution in [0, 0.1) is 13.8 Å². The molecule has 0 radical (unpaired) electrons. The summed E-state index contributed by atoms with van der Waals surface area (Å²) < 4.78 is 0. The van der Waals surface area contributed by atoms with Gasteiger partial charge in [-0.25, -0.2) is 0 Å². The second kappa shape index (κ2) is 5.49. The molecule has 0 aliphatic carbocycles. The Balaban J connectivity index is 1.86. The van der Waals surface area contributed by atoms with Crippen LogP contribution < -0.4 is 0 Å². The summed E-state index contributed by atoms with van der Waals surface area (Å²) in [5.41, 5.74) is 4.33. The maximum atomic E-state index is 2.61. The van der Waals surface area contributed by atoms with E-state index in [4.69, 9.17) is 0 Å². The van der Waals surface area contributed by atoms with E-state index in [0.29, 0.717) is 0 Å². The normalized spacial score (nSPS) is 17.6. The van der Waals surface area contributed by atoms with Crippen molar-refractivity contribution in [1.82, 2.24) is 4.90 Å². The standard InChI is InChI=1S/C15H23N/c1-13-6-7-15(12-14(13)2)8-11-16-9-4-3-5-10-16/h6-7,12H,3-5,8-11H2,1-2H3. The molecule has 88 valence electrons. The first-order chi connectivity index (χ1) is 7.75. The number of benzene rings is 1. The predicted molar refractivity (Wildman–Crippen MR) is 69.9 cm³/mol. The highest BCUT2D eigenvalue weighted by Crippen LogP contribution is 2.13. The first-order valence-electron chi connectivity index (χ1n) is 6.54. The van der Waals surface area contributed by atoms with Gasteiger partial charge in [0, 0.05) is 6.54 Å². The van der Waals surface area contributed by atoms with Crippen LogP contribution in [0.25, 0.3) is 0 Å². The van der Waals surface area contributed by atoms with Gasteiger partial charge in [-0.1, -0.05) is 24.6 Å². The van der Waals surface area contributed by atoms with E-state index in [2.05, 4.69) is 36.9 Å². The maximum absolute atomic E-state index is 2.61. The Morgan fingerprint density at radius 1 is 1.00 bits per heavy atom. The molecule has 0 atom stereocenters. The predicted octanol–water partition coefficient (Wildman–Crippen LogP) is 3.33. The Kier molecular flexibility index (Phi) is 4.00. The maximum Gasteiger partial charge on any atom is 0.00218 e. The fourth-order valence-corrected chi connectivity index (χ4v) is 2.43. The van der Waals surface area contributed by atoms with Crippen molar-refractivity contribution >= 4 is 0 Å². The molecule has 1 aliphatic rings. The topological polar surface area (TPSA) is 3.24 Å². The average Bonchev–Trinajstić information content (AvgIpc) is 2.32. The van der Waals surface area contributed by atoms with Crippen molar-refractivity contribution in [3.05, 3.63) is 34.9 Å². The summed E-state index contributed by atoms with van der Waals surface area (Å²) in [7, 11) is 0. The molecule has 0 spiro atoms. The highest BCUT2D eigenvalue weighted by Gasteiger charge is 2.09. The summed E-state index contributed by atoms with van der Waals surface area (Å²) in [6.45, 7) is 8.25. The van der Waals surface area contributed by atoms with E-state index in [9.17, 15) is 0 Å². The van der Waals surface area contributed by atoms with Crippen molar-refractivity contribution in [3.63, 3.8) is 0 Å². The molecule has 0 saturated carbocycles. The number of likely N-dealkylation sites (tertiary alicyclic amines) is 1. The van der Waals surface area contributed by atoms with Crippen molar-refractivity contribution in [1.29, 1.82) is 0 Å². The summed E-state index contributed by atoms with van der Waals surface area (Å²) in [5.74, 6) is 0. The molecule has 0 aromatic heterocycles. The highest BCUT2D eigenvalue weighted by atomic mass is 15.1. The monoisotopic (exact) mass is 217 g/mol. The molecule has 1 aromatic carbocycles. The van der Waals surface area contributed by atoms with Crippen LogP contribution >= 0.6 is 0 Å². The minimum atomic E-state index is 1.21. The average molecular weight is 217 g/mol. The van der Waals surface area contributed by atoms with E-state index in [1.165, 1.54) is 62.0 Å². The number of hydrogen-bond donors (Lipinski definition) is 0. The van der Waals surface area contributed by atoms with Crippen LogP contribution in [-0.2, 0) is 6.42 Å². The van der Waals surface area contributed by atoms with Crippen LogP contribution in [0.2, 0.25) is 0 Å². The second-order valence-electron chi connectivity index (χ2n) is 5.07. The zero-order valence-corrected chi connectivity index (χ0v) is 10.6. The first-order valence-corrected chi connectivity index (χ1v) is 6.54. The van der Waals surface area contributed by atoms with Crippen molar-refractivity contribution < 1.29 is 0 Å². The molecule has 16 heavy (non-hydrogen) atoms. The molecule has 2 rings (SSSR count). The lowest BCUT2D eigenvalue weighted by molar-refractivity contribution is 0.231. The van der Waals surface area contributed by atoms with Gasteiger partial charge in [-0.3, -0.25) is 0 Å². The van der Waals surface area contributed by atoms with E-state index in [1.54, 1.807) is 0 Å². The number of aryl methyl sites for hydroxylation is 2. The Hall–Kier alpha value is -0.820. The van der Waals surface area contributed by atoms with Crippen molar-refractivity contribution in [2.24, 2.45) is 0 Å². The van der Waals surface area contributed by atoms with E-state index in [1.807, 2.05) is 0 Å². The first kappa shape index (κ1) is 11.7. The largest absolute Gasteiger partial charge is 0.303 e. The fraction of sp³-hybridized carbons (Fsp3) is 0.600. The van der Waals surface area contributed by atoms with Gasteiger partial charge in [-0.2, -0.15) is 0 Å². The summed E-state index contributed by atoms with van der Waals surface area (Å²) in [5, 5.41) is 0. The zero-order valence-electron chi connectivity index (χ0n) is 10.6. The third-order valence-electron chi connectivity index (χ3n) is 3.74. The molecule has 1 saturated heterocycles. The number of nitrogens with zero attached hydrogens (tertiary/aromatic N) is 1. The van der Waals surface area contributed by atoms with Gasteiger partial charge in [0.1, 0.15) is 0 Å². The van der Waals surface area contributed by atoms with Crippen molar-refractivity contribution in [3.8, 4) is 0 Å². The lowest BCUT2D eigenvalue weighted by atomic mass is 10.0. The Morgan fingerprint density at radius 3 is 2.44 bits per heavy atom. The Bertz CT molecular complexity index is 337. The van der Waals surface area contributed by atoms with Crippen LogP contribution in [-0.4, -0.2) is 24.5 Å². The molecule has 0 bridgehead atoms. The molecule has 1 heteroatoms. The quantitative estimate of drug-likeness (QED) is 0.750. The SMILES string of the molecule is Cc1ccc(CCN2CCCCC2)cc1C. The van der Waals surface area contributed by atoms with E-state index in [0.717, 1.165) is 0 Å². The minimum Gasteiger partial charge on any atom is -0.303 e. The number of hydrogen-bond acceptors (Lipinski definition) is 1. The van der Waals surface area contributed by atoms with Crippen LogP contribution in [0.4, 0.5) is 0 Å². The van der Waals surface area contributed by atoms with Gasteiger partial charge < -0.3 is 4.90 Å². The lowest BCUT2D eigenvalue weighted by Crippen LogP contribution is -2.31. The number of rotatable bonds is 3. The van der Waals surface area contributed by atoms with E-state index >= 15 is 0 Å². The van der Waals surface area contributed by atoms with Crippen molar-refractivity contribution in [2.75, 3.05) is 19.6 Å². The molecule has 0 unspecified atom stereocenters. The molecular weight excluding hydrogens is 194 g/mol. The van der Waals surface area contributed by atoms with Gasteiger partial charge in [-0.05, 0) is 62.9 Å². The van der Waals surface area contributed by atoms with Crippen LogP contribution in [0.5, 0.6) is 0 Å². The summed E-state index contributed by atoms with van der Waals surface area (Å²) in [4.78, 5) is 2.61. The Morgan fingerprint density at radius 2 is 1.75 bits per heavy atom. The molecule has 0 N–H and O–H groups in total. The summed E-state index contributed by atoms with van der Waals surface area (Å²) >= 11 is 0. The second-order valence-corrected chi connectivity index (χ2v) is 5.07. The molecule has 1 aromatic rings. The van der Waals surface area contributed by atoms with E-state index in [-0.39, 0.29) is 0 Å². The minimum absolute atomic E-state index is 1.21. The Labute approximate surface area is 99.5 Å². The van der Waals surface area contributed by atoms with Gasteiger partial charge in [0.2, 0.25) is 0 Å². The smallest absolute Gasteiger partial charge is 0.00218 e. The lowest BCUT2D eigenvalue weighted by Gasteiger charge is -2.26. The van der Waals surface area contributed by atoms with Gasteiger partial charge >= 0.3 is 0 Å². The third-order valence-corrected chi connectivity index (χ3v) is 3.74. The van der Waals surface area contributed by atoms with Gasteiger partial charge in [-0.15, -0.1) is 0 Å². The summed E-state index contributed by atoms with van der Waals surface area (Å²) in [6.07, 6.45) is 5.43. The molecular formula is C15H23N. The van der Waals surface area contributed by atoms with Gasteiger partial charge in [0.05, 0.1) is 0 Å². The van der Waals surface area contributed by atoms with Crippen molar-refractivity contribution in [2.45, 2.75) is 39.5 Å². The molecule has 1 nitrogen and oxygen atoms in total. The fourth-order valence-electron chi connectivity index (χ4n) is 2.43.